The Morgan fingerprint density at radius 2 is 1.91 bits per heavy atom. The zero-order chi connectivity index (χ0) is 24.4. The second-order valence-corrected chi connectivity index (χ2v) is 8.20. The number of pyridine rings is 1. The van der Waals surface area contributed by atoms with E-state index in [1.165, 1.54) is 18.2 Å². The number of hydrogen-bond acceptors (Lipinski definition) is 8. The third-order valence-corrected chi connectivity index (χ3v) is 6.20. The van der Waals surface area contributed by atoms with Gasteiger partial charge in [-0.1, -0.05) is 18.2 Å². The van der Waals surface area contributed by atoms with Crippen LogP contribution in [0.15, 0.2) is 36.5 Å². The summed E-state index contributed by atoms with van der Waals surface area (Å²) in [6.45, 7) is 2.78. The fraction of sp³-hybridized carbons (Fsp3) is 0.348. The maximum Gasteiger partial charge on any atom is 0.290 e. The molecular weight excluding hydrogens is 440 g/mol. The van der Waals surface area contributed by atoms with Gasteiger partial charge >= 0.3 is 0 Å². The Balaban J connectivity index is 1.50. The first-order valence-corrected chi connectivity index (χ1v) is 10.9. The number of Topliss-reactive ketones (excluding diaryl/α,β-unsaturated/α-hetero) is 1. The van der Waals surface area contributed by atoms with Crippen molar-refractivity contribution in [3.63, 3.8) is 0 Å². The molecule has 4 rings (SSSR count). The topological polar surface area (TPSA) is 147 Å². The number of methoxy groups -OCH3 is 1. The Morgan fingerprint density at radius 3 is 2.56 bits per heavy atom. The smallest absolute Gasteiger partial charge is 0.290 e. The van der Waals surface area contributed by atoms with Crippen molar-refractivity contribution in [1.82, 2.24) is 20.2 Å². The lowest BCUT2D eigenvalue weighted by atomic mass is 9.94. The highest BCUT2D eigenvalue weighted by atomic mass is 16.5. The number of nitrogens with zero attached hydrogens (tertiary/aromatic N) is 3. The molecule has 4 N–H and O–H groups in total. The molecule has 0 saturated carbocycles. The number of ketones is 1. The number of ether oxygens (including phenoxy) is 1. The van der Waals surface area contributed by atoms with E-state index in [1.54, 1.807) is 29.2 Å². The van der Waals surface area contributed by atoms with Gasteiger partial charge in [-0.3, -0.25) is 24.6 Å². The van der Waals surface area contributed by atoms with Crippen LogP contribution in [0.3, 0.4) is 0 Å². The molecule has 34 heavy (non-hydrogen) atoms. The molecule has 1 saturated heterocycles. The van der Waals surface area contributed by atoms with Gasteiger partial charge in [0.15, 0.2) is 5.69 Å². The maximum atomic E-state index is 13.3. The molecule has 3 heterocycles. The molecule has 2 aliphatic heterocycles. The van der Waals surface area contributed by atoms with Gasteiger partial charge in [0.25, 0.3) is 17.7 Å². The Labute approximate surface area is 196 Å². The van der Waals surface area contributed by atoms with Crippen LogP contribution in [0.2, 0.25) is 0 Å². The molecule has 178 valence electrons. The standard InChI is InChI=1S/C23H26N6O5/c1-13-12-28(8-9-29(13)22(32)14-6-4-3-5-7-14)23(33)20(30)15-10-25-18-17(15)16(34-2)11-26-19(18)21(31)27-24/h3-7,11,13,15,25H,8-10,12,24H2,1-2H3,(H,27,31). The average molecular weight is 466 g/mol. The number of nitrogens with two attached hydrogens (primary N) is 1. The first-order chi connectivity index (χ1) is 16.4. The molecule has 0 spiro atoms. The third kappa shape index (κ3) is 4.05. The van der Waals surface area contributed by atoms with Gasteiger partial charge in [-0.2, -0.15) is 0 Å². The van der Waals surface area contributed by atoms with Crippen molar-refractivity contribution >= 4 is 29.2 Å². The molecule has 1 fully saturated rings. The summed E-state index contributed by atoms with van der Waals surface area (Å²) < 4.78 is 5.34. The van der Waals surface area contributed by atoms with Crippen molar-refractivity contribution in [3.05, 3.63) is 53.3 Å². The van der Waals surface area contributed by atoms with E-state index in [1.807, 2.05) is 18.4 Å². The molecular formula is C23H26N6O5. The van der Waals surface area contributed by atoms with Crippen LogP contribution >= 0.6 is 0 Å². The Morgan fingerprint density at radius 1 is 1.18 bits per heavy atom. The first-order valence-electron chi connectivity index (χ1n) is 10.9. The van der Waals surface area contributed by atoms with E-state index < -0.39 is 23.5 Å². The predicted octanol–water partition coefficient (Wildman–Crippen LogP) is 0.145. The number of fused-ring (bicyclic) bond motifs is 1. The molecule has 0 bridgehead atoms. The van der Waals surface area contributed by atoms with Crippen LogP contribution in [-0.4, -0.2) is 77.6 Å². The Hall–Kier alpha value is -3.99. The zero-order valence-corrected chi connectivity index (χ0v) is 18.9. The first kappa shape index (κ1) is 23.2. The number of nitrogen functional groups attached to an aromatic ring is 1. The zero-order valence-electron chi connectivity index (χ0n) is 18.9. The highest BCUT2D eigenvalue weighted by molar-refractivity contribution is 6.38. The Bertz CT molecular complexity index is 1140. The molecule has 1 aromatic heterocycles. The molecule has 0 radical (unpaired) electrons. The van der Waals surface area contributed by atoms with Gasteiger partial charge in [0.2, 0.25) is 5.78 Å². The summed E-state index contributed by atoms with van der Waals surface area (Å²) in [5.74, 6) is 2.70. The number of hydrogen-bond donors (Lipinski definition) is 3. The number of amides is 3. The number of nitrogens with one attached hydrogen (secondary N) is 2. The van der Waals surface area contributed by atoms with Crippen LogP contribution in [0.1, 0.15) is 39.3 Å². The van der Waals surface area contributed by atoms with Crippen molar-refractivity contribution in [3.8, 4) is 5.75 Å². The van der Waals surface area contributed by atoms with Crippen LogP contribution in [0.4, 0.5) is 5.69 Å². The van der Waals surface area contributed by atoms with Crippen LogP contribution in [0, 0.1) is 0 Å². The fourth-order valence-electron chi connectivity index (χ4n) is 4.46. The molecule has 2 atom stereocenters. The summed E-state index contributed by atoms with van der Waals surface area (Å²) in [5.41, 5.74) is 3.34. The van der Waals surface area contributed by atoms with Crippen molar-refractivity contribution in [2.75, 3.05) is 38.6 Å². The second-order valence-electron chi connectivity index (χ2n) is 8.20. The van der Waals surface area contributed by atoms with Gasteiger partial charge < -0.3 is 19.9 Å². The van der Waals surface area contributed by atoms with Gasteiger partial charge in [0.1, 0.15) is 5.75 Å². The third-order valence-electron chi connectivity index (χ3n) is 6.20. The molecule has 2 unspecified atom stereocenters. The van der Waals surface area contributed by atoms with E-state index in [0.717, 1.165) is 0 Å². The number of benzene rings is 1. The van der Waals surface area contributed by atoms with Crippen molar-refractivity contribution in [2.45, 2.75) is 18.9 Å². The minimum atomic E-state index is -0.843. The number of rotatable bonds is 5. The largest absolute Gasteiger partial charge is 0.495 e. The minimum Gasteiger partial charge on any atom is -0.495 e. The normalized spacial score (nSPS) is 19.1. The van der Waals surface area contributed by atoms with Gasteiger partial charge in [-0.05, 0) is 19.1 Å². The van der Waals surface area contributed by atoms with Crippen LogP contribution in [0.5, 0.6) is 5.75 Å². The summed E-state index contributed by atoms with van der Waals surface area (Å²) in [6.07, 6.45) is 1.33. The molecule has 1 aromatic carbocycles. The second kappa shape index (κ2) is 9.48. The summed E-state index contributed by atoms with van der Waals surface area (Å²) in [5, 5.41) is 2.99. The van der Waals surface area contributed by atoms with E-state index in [9.17, 15) is 19.2 Å². The molecule has 0 aliphatic carbocycles. The lowest BCUT2D eigenvalue weighted by Crippen LogP contribution is -2.57. The number of carbonyl (C=O) groups is 4. The SMILES string of the molecule is COc1cnc(C(=O)NN)c2c1C(C(=O)C(=O)N1CCN(C(=O)c3ccccc3)C(C)C1)CN2. The van der Waals surface area contributed by atoms with Gasteiger partial charge in [-0.15, -0.1) is 0 Å². The van der Waals surface area contributed by atoms with E-state index >= 15 is 0 Å². The lowest BCUT2D eigenvalue weighted by Gasteiger charge is -2.39. The quantitative estimate of drug-likeness (QED) is 0.244. The number of aromatic nitrogens is 1. The molecule has 11 heteroatoms. The highest BCUT2D eigenvalue weighted by Crippen LogP contribution is 2.40. The lowest BCUT2D eigenvalue weighted by molar-refractivity contribution is -0.146. The van der Waals surface area contributed by atoms with E-state index in [2.05, 4.69) is 10.3 Å². The molecule has 3 amide bonds. The van der Waals surface area contributed by atoms with Crippen LogP contribution < -0.4 is 21.3 Å². The number of carbonyl (C=O) groups excluding carboxylic acids is 4. The predicted molar refractivity (Wildman–Crippen MR) is 122 cm³/mol. The van der Waals surface area contributed by atoms with E-state index in [0.29, 0.717) is 29.1 Å². The van der Waals surface area contributed by atoms with Crippen LogP contribution in [-0.2, 0) is 9.59 Å². The number of piperazine rings is 1. The molecule has 2 aliphatic rings. The summed E-state index contributed by atoms with van der Waals surface area (Å²) in [4.78, 5) is 58.6. The Kier molecular flexibility index (Phi) is 6.46. The number of hydrazine groups is 1. The van der Waals surface area contributed by atoms with E-state index in [4.69, 9.17) is 10.6 Å². The summed E-state index contributed by atoms with van der Waals surface area (Å²) in [7, 11) is 1.42. The van der Waals surface area contributed by atoms with Gasteiger partial charge in [0.05, 0.1) is 24.9 Å². The fourth-order valence-corrected chi connectivity index (χ4v) is 4.46. The monoisotopic (exact) mass is 466 g/mol. The van der Waals surface area contributed by atoms with Crippen molar-refractivity contribution in [2.24, 2.45) is 5.84 Å². The summed E-state index contributed by atoms with van der Waals surface area (Å²) >= 11 is 0. The highest BCUT2D eigenvalue weighted by Gasteiger charge is 2.41. The maximum absolute atomic E-state index is 13.3. The van der Waals surface area contributed by atoms with Crippen LogP contribution in [0.25, 0.3) is 0 Å². The van der Waals surface area contributed by atoms with Crippen molar-refractivity contribution in [1.29, 1.82) is 0 Å². The minimum absolute atomic E-state index is 0.0164. The summed E-state index contributed by atoms with van der Waals surface area (Å²) in [6, 6.07) is 8.69. The van der Waals surface area contributed by atoms with E-state index in [-0.39, 0.29) is 37.3 Å². The number of anilines is 1. The molecule has 11 nitrogen and oxygen atoms in total. The molecule has 2 aromatic rings. The van der Waals surface area contributed by atoms with Gasteiger partial charge in [0, 0.05) is 43.3 Å². The van der Waals surface area contributed by atoms with Gasteiger partial charge in [-0.25, -0.2) is 10.8 Å². The average Bonchev–Trinajstić information content (AvgIpc) is 3.32. The van der Waals surface area contributed by atoms with Crippen molar-refractivity contribution < 1.29 is 23.9 Å².